The van der Waals surface area contributed by atoms with Crippen LogP contribution in [-0.4, -0.2) is 50.2 Å². The van der Waals surface area contributed by atoms with Gasteiger partial charge in [0, 0.05) is 19.7 Å². The molecule has 1 saturated carbocycles. The molecule has 2 rings (SSSR count). The Labute approximate surface area is 133 Å². The molecule has 0 radical (unpaired) electrons. The van der Waals surface area contributed by atoms with Gasteiger partial charge in [-0.2, -0.15) is 0 Å². The molecule has 1 aliphatic carbocycles. The molecule has 1 aliphatic rings. The fourth-order valence-electron chi connectivity index (χ4n) is 3.10. The Bertz CT molecular complexity index is 464. The molecule has 1 aromatic carbocycles. The molecule has 1 fully saturated rings. The number of rotatable bonds is 8. The normalized spacial score (nSPS) is 17.8. The standard InChI is InChI=1S/C18H28N2O2/c1-20(2)14-16(12-15-8-5-4-6-9-15)19-17(21)13-18(22-3)10-7-11-18/h4-6,8-9,16H,7,10-14H2,1-3H3,(H,19,21). The van der Waals surface area contributed by atoms with E-state index in [1.54, 1.807) is 7.11 Å². The van der Waals surface area contributed by atoms with Crippen LogP contribution in [0.4, 0.5) is 0 Å². The zero-order chi connectivity index (χ0) is 16.0. The second-order valence-electron chi connectivity index (χ2n) is 6.63. The molecule has 0 saturated heterocycles. The van der Waals surface area contributed by atoms with Gasteiger partial charge in [-0.15, -0.1) is 0 Å². The van der Waals surface area contributed by atoms with Gasteiger partial charge in [-0.25, -0.2) is 0 Å². The average Bonchev–Trinajstić information content (AvgIpc) is 2.43. The molecule has 1 unspecified atom stereocenters. The lowest BCUT2D eigenvalue weighted by Gasteiger charge is -2.40. The lowest BCUT2D eigenvalue weighted by molar-refractivity contribution is -0.135. The van der Waals surface area contributed by atoms with Crippen molar-refractivity contribution in [1.29, 1.82) is 0 Å². The van der Waals surface area contributed by atoms with E-state index < -0.39 is 0 Å². The Hall–Kier alpha value is -1.39. The second-order valence-corrected chi connectivity index (χ2v) is 6.63. The Morgan fingerprint density at radius 2 is 2.00 bits per heavy atom. The molecular formula is C18H28N2O2. The number of nitrogens with zero attached hydrogens (tertiary/aromatic N) is 1. The summed E-state index contributed by atoms with van der Waals surface area (Å²) in [6, 6.07) is 10.4. The molecule has 0 heterocycles. The minimum absolute atomic E-state index is 0.101. The number of carbonyl (C=O) groups is 1. The highest BCUT2D eigenvalue weighted by Crippen LogP contribution is 2.37. The van der Waals surface area contributed by atoms with E-state index >= 15 is 0 Å². The number of carbonyl (C=O) groups excluding carboxylic acids is 1. The Morgan fingerprint density at radius 1 is 1.32 bits per heavy atom. The molecule has 0 aliphatic heterocycles. The highest BCUT2D eigenvalue weighted by molar-refractivity contribution is 5.77. The maximum Gasteiger partial charge on any atom is 0.223 e. The van der Waals surface area contributed by atoms with Gasteiger partial charge in [0.05, 0.1) is 12.0 Å². The maximum absolute atomic E-state index is 12.4. The van der Waals surface area contributed by atoms with Gasteiger partial charge in [0.1, 0.15) is 0 Å². The van der Waals surface area contributed by atoms with Crippen LogP contribution >= 0.6 is 0 Å². The minimum atomic E-state index is -0.209. The van der Waals surface area contributed by atoms with Gasteiger partial charge in [-0.05, 0) is 45.3 Å². The van der Waals surface area contributed by atoms with E-state index in [-0.39, 0.29) is 17.6 Å². The number of ether oxygens (including phenoxy) is 1. The van der Waals surface area contributed by atoms with Gasteiger partial charge in [-0.3, -0.25) is 4.79 Å². The van der Waals surface area contributed by atoms with Crippen LogP contribution in [0.3, 0.4) is 0 Å². The first-order valence-corrected chi connectivity index (χ1v) is 8.06. The minimum Gasteiger partial charge on any atom is -0.378 e. The summed E-state index contributed by atoms with van der Waals surface area (Å²) in [6.07, 6.45) is 4.47. The number of methoxy groups -OCH3 is 1. The lowest BCUT2D eigenvalue weighted by atomic mass is 9.77. The summed E-state index contributed by atoms with van der Waals surface area (Å²) in [5, 5.41) is 3.19. The van der Waals surface area contributed by atoms with Crippen LogP contribution in [0.1, 0.15) is 31.2 Å². The van der Waals surface area contributed by atoms with Crippen molar-refractivity contribution in [1.82, 2.24) is 10.2 Å². The summed E-state index contributed by atoms with van der Waals surface area (Å²) in [7, 11) is 5.78. The molecule has 1 aromatic rings. The van der Waals surface area contributed by atoms with Gasteiger partial charge >= 0.3 is 0 Å². The van der Waals surface area contributed by atoms with Crippen LogP contribution in [0.15, 0.2) is 30.3 Å². The Balaban J connectivity index is 1.92. The summed E-state index contributed by atoms with van der Waals surface area (Å²) in [5.74, 6) is 0.101. The molecule has 4 nitrogen and oxygen atoms in total. The van der Waals surface area contributed by atoms with E-state index in [2.05, 4.69) is 22.3 Å². The summed E-state index contributed by atoms with van der Waals surface area (Å²) in [5.41, 5.74) is 1.04. The van der Waals surface area contributed by atoms with Gasteiger partial charge in [0.15, 0.2) is 0 Å². The third-order valence-corrected chi connectivity index (χ3v) is 4.46. The molecule has 22 heavy (non-hydrogen) atoms. The number of likely N-dealkylation sites (N-methyl/N-ethyl adjacent to an activating group) is 1. The van der Waals surface area contributed by atoms with Gasteiger partial charge < -0.3 is 15.0 Å². The van der Waals surface area contributed by atoms with Crippen molar-refractivity contribution in [3.8, 4) is 0 Å². The van der Waals surface area contributed by atoms with Gasteiger partial charge in [0.25, 0.3) is 0 Å². The summed E-state index contributed by atoms with van der Waals surface area (Å²) >= 11 is 0. The molecule has 0 aromatic heterocycles. The number of benzene rings is 1. The van der Waals surface area contributed by atoms with E-state index in [1.165, 1.54) is 5.56 Å². The fourth-order valence-corrected chi connectivity index (χ4v) is 3.10. The first kappa shape index (κ1) is 17.0. The molecule has 1 atom stereocenters. The van der Waals surface area contributed by atoms with Crippen molar-refractivity contribution in [3.05, 3.63) is 35.9 Å². The van der Waals surface area contributed by atoms with Crippen LogP contribution in [0.2, 0.25) is 0 Å². The van der Waals surface area contributed by atoms with Crippen LogP contribution in [0.25, 0.3) is 0 Å². The monoisotopic (exact) mass is 304 g/mol. The third-order valence-electron chi connectivity index (χ3n) is 4.46. The van der Waals surface area contributed by atoms with Gasteiger partial charge in [0.2, 0.25) is 5.91 Å². The van der Waals surface area contributed by atoms with Crippen LogP contribution in [-0.2, 0) is 16.0 Å². The molecular weight excluding hydrogens is 276 g/mol. The molecule has 4 heteroatoms. The smallest absolute Gasteiger partial charge is 0.223 e. The molecule has 1 amide bonds. The van der Waals surface area contributed by atoms with Crippen LogP contribution < -0.4 is 5.32 Å². The predicted molar refractivity (Wildman–Crippen MR) is 88.8 cm³/mol. The van der Waals surface area contributed by atoms with Crippen molar-refractivity contribution >= 4 is 5.91 Å². The molecule has 0 bridgehead atoms. The number of hydrogen-bond donors (Lipinski definition) is 1. The molecule has 122 valence electrons. The Kier molecular flexibility index (Phi) is 5.98. The average molecular weight is 304 g/mol. The zero-order valence-electron chi connectivity index (χ0n) is 14.0. The van der Waals surface area contributed by atoms with Crippen molar-refractivity contribution in [3.63, 3.8) is 0 Å². The fraction of sp³-hybridized carbons (Fsp3) is 0.611. The summed E-state index contributed by atoms with van der Waals surface area (Å²) in [6.45, 7) is 0.834. The van der Waals surface area contributed by atoms with Crippen LogP contribution in [0.5, 0.6) is 0 Å². The first-order chi connectivity index (χ1) is 10.5. The second kappa shape index (κ2) is 7.75. The third kappa shape index (κ3) is 4.82. The van der Waals surface area contributed by atoms with E-state index in [1.807, 2.05) is 32.3 Å². The van der Waals surface area contributed by atoms with E-state index in [0.717, 1.165) is 32.2 Å². The first-order valence-electron chi connectivity index (χ1n) is 8.06. The number of hydrogen-bond acceptors (Lipinski definition) is 3. The van der Waals surface area contributed by atoms with Gasteiger partial charge in [-0.1, -0.05) is 30.3 Å². The maximum atomic E-state index is 12.4. The molecule has 0 spiro atoms. The molecule has 1 N–H and O–H groups in total. The quantitative estimate of drug-likeness (QED) is 0.801. The predicted octanol–water partition coefficient (Wildman–Crippen LogP) is 2.23. The van der Waals surface area contributed by atoms with E-state index in [9.17, 15) is 4.79 Å². The number of nitrogens with one attached hydrogen (secondary N) is 1. The van der Waals surface area contributed by atoms with Crippen LogP contribution in [0, 0.1) is 0 Å². The highest BCUT2D eigenvalue weighted by Gasteiger charge is 2.39. The highest BCUT2D eigenvalue weighted by atomic mass is 16.5. The van der Waals surface area contributed by atoms with Crippen molar-refractivity contribution < 1.29 is 9.53 Å². The largest absolute Gasteiger partial charge is 0.378 e. The SMILES string of the molecule is COC1(CC(=O)NC(Cc2ccccc2)CN(C)C)CCC1. The summed E-state index contributed by atoms with van der Waals surface area (Å²) < 4.78 is 5.55. The Morgan fingerprint density at radius 3 is 2.50 bits per heavy atom. The number of amides is 1. The van der Waals surface area contributed by atoms with E-state index in [0.29, 0.717) is 6.42 Å². The lowest BCUT2D eigenvalue weighted by Crippen LogP contribution is -2.48. The van der Waals surface area contributed by atoms with Crippen molar-refractivity contribution in [2.24, 2.45) is 0 Å². The van der Waals surface area contributed by atoms with Crippen molar-refractivity contribution in [2.45, 2.75) is 43.7 Å². The summed E-state index contributed by atoms with van der Waals surface area (Å²) in [4.78, 5) is 14.5. The zero-order valence-corrected chi connectivity index (χ0v) is 14.0. The van der Waals surface area contributed by atoms with E-state index in [4.69, 9.17) is 4.74 Å². The topological polar surface area (TPSA) is 41.6 Å². The van der Waals surface area contributed by atoms with Crippen molar-refractivity contribution in [2.75, 3.05) is 27.7 Å².